The van der Waals surface area contributed by atoms with Gasteiger partial charge in [-0.2, -0.15) is 0 Å². The van der Waals surface area contributed by atoms with Gasteiger partial charge in [-0.3, -0.25) is 13.9 Å². The molecule has 0 unspecified atom stereocenters. The van der Waals surface area contributed by atoms with Gasteiger partial charge in [0.2, 0.25) is 21.8 Å². The first kappa shape index (κ1) is 29.0. The van der Waals surface area contributed by atoms with E-state index in [0.29, 0.717) is 24.4 Å². The molecule has 0 saturated heterocycles. The summed E-state index contributed by atoms with van der Waals surface area (Å²) in [5.74, 6) is -0.0965. The Bertz CT molecular complexity index is 1350. The third-order valence-electron chi connectivity index (χ3n) is 6.42. The summed E-state index contributed by atoms with van der Waals surface area (Å²) in [6.45, 7) is 4.08. The number of hydrogen-bond acceptors (Lipinski definition) is 5. The molecule has 0 saturated carbocycles. The van der Waals surface area contributed by atoms with Crippen molar-refractivity contribution in [2.45, 2.75) is 45.7 Å². The van der Waals surface area contributed by atoms with Gasteiger partial charge in [0.25, 0.3) is 0 Å². The molecule has 8 nitrogen and oxygen atoms in total. The summed E-state index contributed by atoms with van der Waals surface area (Å²) in [6, 6.07) is 19.3. The quantitative estimate of drug-likeness (QED) is 0.326. The predicted molar refractivity (Wildman–Crippen MR) is 152 cm³/mol. The average molecular weight is 540 g/mol. The highest BCUT2D eigenvalue weighted by Crippen LogP contribution is 2.29. The minimum Gasteiger partial charge on any atom is -0.497 e. The fourth-order valence-electron chi connectivity index (χ4n) is 4.41. The first-order chi connectivity index (χ1) is 18.2. The molecule has 0 aliphatic rings. The summed E-state index contributed by atoms with van der Waals surface area (Å²) in [4.78, 5) is 28.6. The number of ether oxygens (including phenoxy) is 1. The molecule has 0 aromatic heterocycles. The second-order valence-corrected chi connectivity index (χ2v) is 11.1. The van der Waals surface area contributed by atoms with Gasteiger partial charge in [-0.1, -0.05) is 68.8 Å². The lowest BCUT2D eigenvalue weighted by Crippen LogP contribution is -2.52. The normalized spacial score (nSPS) is 12.1. The maximum absolute atomic E-state index is 13.9. The number of unbranched alkanes of at least 4 members (excludes halogenated alkanes) is 1. The van der Waals surface area contributed by atoms with E-state index >= 15 is 0 Å². The van der Waals surface area contributed by atoms with E-state index in [0.717, 1.165) is 39.7 Å². The van der Waals surface area contributed by atoms with Crippen molar-refractivity contribution in [3.63, 3.8) is 0 Å². The topological polar surface area (TPSA) is 96.0 Å². The Morgan fingerprint density at radius 3 is 2.39 bits per heavy atom. The molecule has 204 valence electrons. The monoisotopic (exact) mass is 539 g/mol. The summed E-state index contributed by atoms with van der Waals surface area (Å²) >= 11 is 0. The first-order valence-corrected chi connectivity index (χ1v) is 14.7. The number of carbonyl (C=O) groups excluding carboxylic acids is 2. The fraction of sp³-hybridized carbons (Fsp3) is 0.379. The number of sulfonamides is 1. The summed E-state index contributed by atoms with van der Waals surface area (Å²) in [6.07, 6.45) is 3.22. The maximum Gasteiger partial charge on any atom is 0.244 e. The van der Waals surface area contributed by atoms with Gasteiger partial charge in [0.05, 0.1) is 19.1 Å². The second kappa shape index (κ2) is 13.3. The standard InChI is InChI=1S/C29H37N3O5S/c1-5-7-18-30-29(34)26(6-2)31(20-22-12-10-15-24(19-22)37-3)28(33)21-32(38(4,35)36)27-17-11-14-23-13-8-9-16-25(23)27/h8-17,19,26H,5-7,18,20-21H2,1-4H3,(H,30,34)/t26-/m1/s1. The van der Waals surface area contributed by atoms with E-state index < -0.39 is 28.5 Å². The number of carbonyl (C=O) groups is 2. The molecule has 0 heterocycles. The van der Waals surface area contributed by atoms with E-state index in [1.807, 2.05) is 56.3 Å². The first-order valence-electron chi connectivity index (χ1n) is 12.8. The lowest BCUT2D eigenvalue weighted by Gasteiger charge is -2.33. The van der Waals surface area contributed by atoms with Gasteiger partial charge >= 0.3 is 0 Å². The molecular weight excluding hydrogens is 502 g/mol. The number of rotatable bonds is 13. The van der Waals surface area contributed by atoms with Crippen LogP contribution in [0.25, 0.3) is 10.8 Å². The van der Waals surface area contributed by atoms with E-state index in [2.05, 4.69) is 5.32 Å². The Kier molecular flexibility index (Phi) is 10.1. The molecule has 3 aromatic carbocycles. The maximum atomic E-state index is 13.9. The molecule has 0 fully saturated rings. The number of amides is 2. The largest absolute Gasteiger partial charge is 0.497 e. The average Bonchev–Trinajstić information content (AvgIpc) is 2.91. The highest BCUT2D eigenvalue weighted by atomic mass is 32.2. The summed E-state index contributed by atoms with van der Waals surface area (Å²) < 4.78 is 32.4. The van der Waals surface area contributed by atoms with E-state index in [9.17, 15) is 18.0 Å². The predicted octanol–water partition coefficient (Wildman–Crippen LogP) is 4.34. The molecule has 0 aliphatic carbocycles. The zero-order chi connectivity index (χ0) is 27.7. The van der Waals surface area contributed by atoms with E-state index in [1.54, 1.807) is 31.4 Å². The molecule has 0 radical (unpaired) electrons. The Hall–Kier alpha value is -3.59. The number of nitrogens with zero attached hydrogens (tertiary/aromatic N) is 2. The van der Waals surface area contributed by atoms with Crippen molar-refractivity contribution in [1.82, 2.24) is 10.2 Å². The molecule has 3 aromatic rings. The van der Waals surface area contributed by atoms with E-state index in [-0.39, 0.29) is 12.5 Å². The third kappa shape index (κ3) is 7.25. The molecule has 0 spiro atoms. The molecule has 1 atom stereocenters. The number of methoxy groups -OCH3 is 1. The van der Waals surface area contributed by atoms with Gasteiger partial charge in [0.15, 0.2) is 0 Å². The third-order valence-corrected chi connectivity index (χ3v) is 7.54. The van der Waals surface area contributed by atoms with Gasteiger partial charge in [0, 0.05) is 18.5 Å². The van der Waals surface area contributed by atoms with Gasteiger partial charge < -0.3 is 15.0 Å². The lowest BCUT2D eigenvalue weighted by molar-refractivity contribution is -0.140. The van der Waals surface area contributed by atoms with Crippen LogP contribution >= 0.6 is 0 Å². The Labute approximate surface area is 225 Å². The van der Waals surface area contributed by atoms with Crippen LogP contribution in [-0.4, -0.2) is 57.6 Å². The van der Waals surface area contributed by atoms with Gasteiger partial charge in [-0.15, -0.1) is 0 Å². The van der Waals surface area contributed by atoms with E-state index in [1.165, 1.54) is 4.90 Å². The van der Waals surface area contributed by atoms with Crippen LogP contribution < -0.4 is 14.4 Å². The molecule has 2 amide bonds. The second-order valence-electron chi connectivity index (χ2n) is 9.21. The minimum atomic E-state index is -3.83. The van der Waals surface area contributed by atoms with Crippen molar-refractivity contribution in [3.05, 3.63) is 72.3 Å². The van der Waals surface area contributed by atoms with Crippen LogP contribution in [0.5, 0.6) is 5.75 Å². The molecule has 3 rings (SSSR count). The SMILES string of the molecule is CCCCNC(=O)[C@@H](CC)N(Cc1cccc(OC)c1)C(=O)CN(c1cccc2ccccc12)S(C)(=O)=O. The van der Waals surface area contributed by atoms with Gasteiger partial charge in [0.1, 0.15) is 18.3 Å². The van der Waals surface area contributed by atoms with Crippen LogP contribution in [0, 0.1) is 0 Å². The molecule has 9 heteroatoms. The molecule has 0 aliphatic heterocycles. The number of benzene rings is 3. The van der Waals surface area contributed by atoms with Crippen LogP contribution in [0.3, 0.4) is 0 Å². The van der Waals surface area contributed by atoms with Crippen molar-refractivity contribution >= 4 is 38.3 Å². The summed E-state index contributed by atoms with van der Waals surface area (Å²) in [7, 11) is -2.26. The molecule has 38 heavy (non-hydrogen) atoms. The Morgan fingerprint density at radius 1 is 1.00 bits per heavy atom. The van der Waals surface area contributed by atoms with Crippen molar-refractivity contribution < 1.29 is 22.7 Å². The van der Waals surface area contributed by atoms with Crippen LogP contribution in [0.4, 0.5) is 5.69 Å². The zero-order valence-corrected chi connectivity index (χ0v) is 23.3. The molecular formula is C29H37N3O5S. The number of hydrogen-bond donors (Lipinski definition) is 1. The van der Waals surface area contributed by atoms with Crippen molar-refractivity contribution in [2.75, 3.05) is 30.8 Å². The van der Waals surface area contributed by atoms with Crippen LogP contribution in [0.2, 0.25) is 0 Å². The molecule has 1 N–H and O–H groups in total. The highest BCUT2D eigenvalue weighted by molar-refractivity contribution is 7.92. The summed E-state index contributed by atoms with van der Waals surface area (Å²) in [5.41, 5.74) is 1.19. The van der Waals surface area contributed by atoms with Crippen LogP contribution in [0.15, 0.2) is 66.7 Å². The van der Waals surface area contributed by atoms with Crippen LogP contribution in [0.1, 0.15) is 38.7 Å². The highest BCUT2D eigenvalue weighted by Gasteiger charge is 2.32. The van der Waals surface area contributed by atoms with Crippen molar-refractivity contribution in [3.8, 4) is 5.75 Å². The van der Waals surface area contributed by atoms with Crippen LogP contribution in [-0.2, 0) is 26.2 Å². The van der Waals surface area contributed by atoms with Gasteiger partial charge in [-0.25, -0.2) is 8.42 Å². The number of nitrogens with one attached hydrogen (secondary N) is 1. The Balaban J connectivity index is 2.00. The summed E-state index contributed by atoms with van der Waals surface area (Å²) in [5, 5.41) is 4.51. The zero-order valence-electron chi connectivity index (χ0n) is 22.5. The fourth-order valence-corrected chi connectivity index (χ4v) is 5.28. The van der Waals surface area contributed by atoms with Crippen molar-refractivity contribution in [2.24, 2.45) is 0 Å². The van der Waals surface area contributed by atoms with Gasteiger partial charge in [-0.05, 0) is 42.0 Å². The lowest BCUT2D eigenvalue weighted by atomic mass is 10.1. The smallest absolute Gasteiger partial charge is 0.244 e. The van der Waals surface area contributed by atoms with E-state index in [4.69, 9.17) is 4.74 Å². The van der Waals surface area contributed by atoms with Crippen molar-refractivity contribution in [1.29, 1.82) is 0 Å². The Morgan fingerprint density at radius 2 is 1.71 bits per heavy atom. The number of anilines is 1. The number of fused-ring (bicyclic) bond motifs is 1. The molecule has 0 bridgehead atoms. The minimum absolute atomic E-state index is 0.128.